The number of methoxy groups -OCH3 is 1. The summed E-state index contributed by atoms with van der Waals surface area (Å²) >= 11 is 0. The molecule has 3 aromatic rings. The lowest BCUT2D eigenvalue weighted by atomic mass is 10.2. The molecule has 1 heterocycles. The summed E-state index contributed by atoms with van der Waals surface area (Å²) in [4.78, 5) is 16.2. The van der Waals surface area contributed by atoms with Crippen LogP contribution >= 0.6 is 0 Å². The molecule has 7 heteroatoms. The van der Waals surface area contributed by atoms with Crippen LogP contribution in [0.15, 0.2) is 60.8 Å². The average Bonchev–Trinajstić information content (AvgIpc) is 2.73. The number of amides is 1. The molecule has 0 saturated heterocycles. The van der Waals surface area contributed by atoms with Crippen molar-refractivity contribution >= 4 is 5.91 Å². The summed E-state index contributed by atoms with van der Waals surface area (Å²) in [5.74, 6) is 1.30. The topological polar surface area (TPSA) is 69.7 Å². The number of hydrogen-bond donors (Lipinski definition) is 1. The first kappa shape index (κ1) is 20.1. The van der Waals surface area contributed by atoms with Gasteiger partial charge < -0.3 is 19.5 Å². The molecule has 1 amide bonds. The van der Waals surface area contributed by atoms with Crippen LogP contribution in [0, 0.1) is 12.7 Å². The van der Waals surface area contributed by atoms with E-state index in [0.717, 1.165) is 11.1 Å². The Labute approximate surface area is 168 Å². The van der Waals surface area contributed by atoms with Crippen LogP contribution in [-0.2, 0) is 11.3 Å². The molecular weight excluding hydrogens is 375 g/mol. The van der Waals surface area contributed by atoms with Crippen LogP contribution in [0.25, 0.3) is 0 Å². The third kappa shape index (κ3) is 5.93. The number of hydrogen-bond acceptors (Lipinski definition) is 5. The summed E-state index contributed by atoms with van der Waals surface area (Å²) < 4.78 is 29.4. The Morgan fingerprint density at radius 1 is 1.07 bits per heavy atom. The fourth-order valence-corrected chi connectivity index (χ4v) is 2.53. The quantitative estimate of drug-likeness (QED) is 0.623. The van der Waals surface area contributed by atoms with Crippen LogP contribution in [0.5, 0.6) is 23.1 Å². The lowest BCUT2D eigenvalue weighted by molar-refractivity contribution is -0.123. The highest BCUT2D eigenvalue weighted by Gasteiger charge is 2.08. The number of benzene rings is 2. The Morgan fingerprint density at radius 3 is 2.62 bits per heavy atom. The van der Waals surface area contributed by atoms with Crippen molar-refractivity contribution < 1.29 is 23.4 Å². The molecule has 2 aromatic carbocycles. The number of carbonyl (C=O) groups excluding carboxylic acids is 1. The number of aromatic nitrogens is 1. The molecule has 3 rings (SSSR count). The Kier molecular flexibility index (Phi) is 6.63. The molecular formula is C22H21FN2O4. The summed E-state index contributed by atoms with van der Waals surface area (Å²) in [6.45, 7) is 2.10. The smallest absolute Gasteiger partial charge is 0.258 e. The molecule has 1 N–H and O–H groups in total. The van der Waals surface area contributed by atoms with Crippen LogP contribution in [0.2, 0.25) is 0 Å². The van der Waals surface area contributed by atoms with Crippen LogP contribution < -0.4 is 19.5 Å². The number of ether oxygens (including phenoxy) is 3. The van der Waals surface area contributed by atoms with Gasteiger partial charge in [0.15, 0.2) is 18.1 Å². The van der Waals surface area contributed by atoms with Crippen LogP contribution in [0.1, 0.15) is 11.1 Å². The zero-order valence-electron chi connectivity index (χ0n) is 16.1. The maximum atomic E-state index is 13.0. The second-order valence-electron chi connectivity index (χ2n) is 6.28. The van der Waals surface area contributed by atoms with Gasteiger partial charge in [0.25, 0.3) is 5.91 Å². The van der Waals surface area contributed by atoms with Crippen molar-refractivity contribution in [3.05, 3.63) is 77.7 Å². The van der Waals surface area contributed by atoms with E-state index in [1.807, 2.05) is 19.1 Å². The zero-order chi connectivity index (χ0) is 20.6. The van der Waals surface area contributed by atoms with Gasteiger partial charge in [0.2, 0.25) is 5.88 Å². The molecule has 0 aliphatic carbocycles. The van der Waals surface area contributed by atoms with Crippen LogP contribution in [-0.4, -0.2) is 24.6 Å². The van der Waals surface area contributed by atoms with Gasteiger partial charge in [-0.3, -0.25) is 4.79 Å². The molecule has 0 radical (unpaired) electrons. The monoisotopic (exact) mass is 396 g/mol. The number of nitrogens with zero attached hydrogens (tertiary/aromatic N) is 1. The van der Waals surface area contributed by atoms with E-state index in [2.05, 4.69) is 10.3 Å². The number of carbonyl (C=O) groups is 1. The molecule has 0 atom stereocenters. The maximum Gasteiger partial charge on any atom is 0.258 e. The minimum absolute atomic E-state index is 0.135. The molecule has 0 unspecified atom stereocenters. The van der Waals surface area contributed by atoms with E-state index in [9.17, 15) is 9.18 Å². The summed E-state index contributed by atoms with van der Waals surface area (Å²) in [6.07, 6.45) is 1.58. The maximum absolute atomic E-state index is 13.0. The molecule has 6 nitrogen and oxygen atoms in total. The van der Waals surface area contributed by atoms with E-state index in [-0.39, 0.29) is 24.9 Å². The molecule has 150 valence electrons. The normalized spacial score (nSPS) is 10.3. The molecule has 0 aliphatic rings. The van der Waals surface area contributed by atoms with E-state index in [1.54, 1.807) is 31.5 Å². The second-order valence-corrected chi connectivity index (χ2v) is 6.28. The highest BCUT2D eigenvalue weighted by Crippen LogP contribution is 2.27. The second kappa shape index (κ2) is 9.54. The number of pyridine rings is 1. The van der Waals surface area contributed by atoms with Gasteiger partial charge in [0, 0.05) is 18.8 Å². The molecule has 0 fully saturated rings. The fourth-order valence-electron chi connectivity index (χ4n) is 2.53. The standard InChI is InChI=1S/C22H21FN2O4/c1-15-3-8-19(20(11-15)27-2)28-14-21(26)25-13-16-9-10-24-22(12-16)29-18-6-4-17(23)5-7-18/h3-12H,13-14H2,1-2H3,(H,25,26). The van der Waals surface area contributed by atoms with Gasteiger partial charge in [-0.15, -0.1) is 0 Å². The number of rotatable bonds is 8. The average molecular weight is 396 g/mol. The lowest BCUT2D eigenvalue weighted by Crippen LogP contribution is -2.28. The first-order valence-electron chi connectivity index (χ1n) is 8.96. The Hall–Kier alpha value is -3.61. The minimum atomic E-state index is -0.341. The molecule has 1 aromatic heterocycles. The van der Waals surface area contributed by atoms with Gasteiger partial charge in [-0.05, 0) is 60.5 Å². The van der Waals surface area contributed by atoms with Gasteiger partial charge in [-0.25, -0.2) is 9.37 Å². The van der Waals surface area contributed by atoms with Crippen molar-refractivity contribution in [1.29, 1.82) is 0 Å². The number of aryl methyl sites for hydroxylation is 1. The fraction of sp³-hybridized carbons (Fsp3) is 0.182. The van der Waals surface area contributed by atoms with E-state index in [1.165, 1.54) is 24.3 Å². The summed E-state index contributed by atoms with van der Waals surface area (Å²) in [5.41, 5.74) is 1.84. The number of nitrogens with one attached hydrogen (secondary N) is 1. The first-order chi connectivity index (χ1) is 14.0. The van der Waals surface area contributed by atoms with Gasteiger partial charge in [0.05, 0.1) is 7.11 Å². The van der Waals surface area contributed by atoms with E-state index in [0.29, 0.717) is 23.1 Å². The van der Waals surface area contributed by atoms with Gasteiger partial charge in [0.1, 0.15) is 11.6 Å². The highest BCUT2D eigenvalue weighted by atomic mass is 19.1. The molecule has 0 spiro atoms. The minimum Gasteiger partial charge on any atom is -0.493 e. The molecule has 0 bridgehead atoms. The lowest BCUT2D eigenvalue weighted by Gasteiger charge is -2.12. The Balaban J connectivity index is 1.52. The predicted octanol–water partition coefficient (Wildman–Crippen LogP) is 4.03. The largest absolute Gasteiger partial charge is 0.493 e. The van der Waals surface area contributed by atoms with Gasteiger partial charge >= 0.3 is 0 Å². The van der Waals surface area contributed by atoms with Gasteiger partial charge in [-0.2, -0.15) is 0 Å². The van der Waals surface area contributed by atoms with E-state index >= 15 is 0 Å². The summed E-state index contributed by atoms with van der Waals surface area (Å²) in [6, 6.07) is 14.6. The SMILES string of the molecule is COc1cc(C)ccc1OCC(=O)NCc1ccnc(Oc2ccc(F)cc2)c1. The third-order valence-electron chi connectivity index (χ3n) is 4.00. The van der Waals surface area contributed by atoms with Crippen molar-refractivity contribution in [2.24, 2.45) is 0 Å². The first-order valence-corrected chi connectivity index (χ1v) is 8.96. The third-order valence-corrected chi connectivity index (χ3v) is 4.00. The van der Waals surface area contributed by atoms with Crippen molar-refractivity contribution in [1.82, 2.24) is 10.3 Å². The Morgan fingerprint density at radius 2 is 1.86 bits per heavy atom. The van der Waals surface area contributed by atoms with Crippen molar-refractivity contribution in [2.45, 2.75) is 13.5 Å². The molecule has 0 aliphatic heterocycles. The van der Waals surface area contributed by atoms with E-state index < -0.39 is 0 Å². The Bertz CT molecular complexity index is 977. The molecule has 29 heavy (non-hydrogen) atoms. The zero-order valence-corrected chi connectivity index (χ0v) is 16.1. The van der Waals surface area contributed by atoms with E-state index in [4.69, 9.17) is 14.2 Å². The summed E-state index contributed by atoms with van der Waals surface area (Å²) in [7, 11) is 1.55. The van der Waals surface area contributed by atoms with Crippen LogP contribution in [0.4, 0.5) is 4.39 Å². The van der Waals surface area contributed by atoms with Crippen molar-refractivity contribution in [3.63, 3.8) is 0 Å². The molecule has 0 saturated carbocycles. The highest BCUT2D eigenvalue weighted by molar-refractivity contribution is 5.77. The van der Waals surface area contributed by atoms with Gasteiger partial charge in [-0.1, -0.05) is 6.07 Å². The van der Waals surface area contributed by atoms with Crippen molar-refractivity contribution in [2.75, 3.05) is 13.7 Å². The van der Waals surface area contributed by atoms with Crippen LogP contribution in [0.3, 0.4) is 0 Å². The van der Waals surface area contributed by atoms with Crippen molar-refractivity contribution in [3.8, 4) is 23.1 Å². The number of halogens is 1. The summed E-state index contributed by atoms with van der Waals surface area (Å²) in [5, 5.41) is 2.78. The predicted molar refractivity (Wildman–Crippen MR) is 106 cm³/mol.